The highest BCUT2D eigenvalue weighted by Crippen LogP contribution is 2.23. The third-order valence-electron chi connectivity index (χ3n) is 3.11. The third kappa shape index (κ3) is 6.36. The standard InChI is InChI=1S/C14H26O4/c1-11(2)10-17-8-7-14(15)18-13-6-4-5-12(9-13)16-3/h11-13H,4-10H2,1-3H3. The molecule has 4 heteroatoms. The molecule has 4 nitrogen and oxygen atoms in total. The van der Waals surface area contributed by atoms with E-state index in [1.165, 1.54) is 0 Å². The molecule has 0 aromatic heterocycles. The zero-order valence-electron chi connectivity index (χ0n) is 11.8. The second kappa shape index (κ2) is 8.48. The van der Waals surface area contributed by atoms with Gasteiger partial charge < -0.3 is 14.2 Å². The highest BCUT2D eigenvalue weighted by atomic mass is 16.5. The van der Waals surface area contributed by atoms with Crippen LogP contribution in [0.1, 0.15) is 46.0 Å². The molecule has 0 bridgehead atoms. The predicted octanol–water partition coefficient (Wildman–Crippen LogP) is 2.55. The van der Waals surface area contributed by atoms with Gasteiger partial charge in [-0.25, -0.2) is 0 Å². The van der Waals surface area contributed by atoms with Crippen molar-refractivity contribution < 1.29 is 19.0 Å². The fourth-order valence-electron chi connectivity index (χ4n) is 2.14. The Kier molecular flexibility index (Phi) is 7.28. The monoisotopic (exact) mass is 258 g/mol. The van der Waals surface area contributed by atoms with Gasteiger partial charge in [-0.3, -0.25) is 4.79 Å². The number of ether oxygens (including phenoxy) is 3. The third-order valence-corrected chi connectivity index (χ3v) is 3.11. The van der Waals surface area contributed by atoms with Crippen LogP contribution >= 0.6 is 0 Å². The molecule has 0 aromatic rings. The van der Waals surface area contributed by atoms with E-state index in [1.807, 2.05) is 0 Å². The molecule has 106 valence electrons. The fraction of sp³-hybridized carbons (Fsp3) is 0.929. The Morgan fingerprint density at radius 1 is 1.28 bits per heavy atom. The Labute approximate surface area is 110 Å². The lowest BCUT2D eigenvalue weighted by molar-refractivity contribution is -0.153. The lowest BCUT2D eigenvalue weighted by atomic mass is 9.95. The Balaban J connectivity index is 2.11. The summed E-state index contributed by atoms with van der Waals surface area (Å²) < 4.78 is 16.1. The number of carbonyl (C=O) groups excluding carboxylic acids is 1. The normalized spacial score (nSPS) is 24.2. The highest BCUT2D eigenvalue weighted by molar-refractivity contribution is 5.69. The van der Waals surface area contributed by atoms with Crippen LogP contribution < -0.4 is 0 Å². The number of esters is 1. The summed E-state index contributed by atoms with van der Waals surface area (Å²) in [6, 6.07) is 0. The van der Waals surface area contributed by atoms with Crippen LogP contribution in [0.2, 0.25) is 0 Å². The molecule has 0 radical (unpaired) electrons. The quantitative estimate of drug-likeness (QED) is 0.520. The smallest absolute Gasteiger partial charge is 0.308 e. The Morgan fingerprint density at radius 2 is 2.00 bits per heavy atom. The molecule has 2 atom stereocenters. The zero-order chi connectivity index (χ0) is 13.4. The van der Waals surface area contributed by atoms with Crippen molar-refractivity contribution in [3.8, 4) is 0 Å². The van der Waals surface area contributed by atoms with Gasteiger partial charge in [0.1, 0.15) is 6.10 Å². The van der Waals surface area contributed by atoms with Gasteiger partial charge in [0.15, 0.2) is 0 Å². The van der Waals surface area contributed by atoms with E-state index in [1.54, 1.807) is 7.11 Å². The number of methoxy groups -OCH3 is 1. The van der Waals surface area contributed by atoms with Crippen molar-refractivity contribution in [2.24, 2.45) is 5.92 Å². The van der Waals surface area contributed by atoms with Gasteiger partial charge in [-0.1, -0.05) is 13.8 Å². The summed E-state index contributed by atoms with van der Waals surface area (Å²) in [4.78, 5) is 11.6. The van der Waals surface area contributed by atoms with Gasteiger partial charge in [-0.2, -0.15) is 0 Å². The molecule has 0 spiro atoms. The molecule has 1 rings (SSSR count). The van der Waals surface area contributed by atoms with Crippen molar-refractivity contribution in [3.05, 3.63) is 0 Å². The summed E-state index contributed by atoms with van der Waals surface area (Å²) >= 11 is 0. The van der Waals surface area contributed by atoms with Crippen LogP contribution in [0.25, 0.3) is 0 Å². The molecular weight excluding hydrogens is 232 g/mol. The predicted molar refractivity (Wildman–Crippen MR) is 69.4 cm³/mol. The average Bonchev–Trinajstić information content (AvgIpc) is 2.34. The fourth-order valence-corrected chi connectivity index (χ4v) is 2.14. The van der Waals surface area contributed by atoms with Crippen molar-refractivity contribution in [3.63, 3.8) is 0 Å². The van der Waals surface area contributed by atoms with E-state index in [-0.39, 0.29) is 18.2 Å². The molecule has 0 saturated heterocycles. The molecule has 1 aliphatic rings. The average molecular weight is 258 g/mol. The minimum Gasteiger partial charge on any atom is -0.462 e. The summed E-state index contributed by atoms with van der Waals surface area (Å²) in [6.07, 6.45) is 4.55. The molecule has 0 aromatic carbocycles. The molecule has 1 saturated carbocycles. The summed E-state index contributed by atoms with van der Waals surface area (Å²) in [5.74, 6) is 0.349. The van der Waals surface area contributed by atoms with Crippen molar-refractivity contribution in [2.45, 2.75) is 58.2 Å². The van der Waals surface area contributed by atoms with Crippen LogP contribution in [0.5, 0.6) is 0 Å². The number of rotatable bonds is 7. The maximum atomic E-state index is 11.6. The first kappa shape index (κ1) is 15.4. The van der Waals surface area contributed by atoms with Crippen LogP contribution in [0.4, 0.5) is 0 Å². The van der Waals surface area contributed by atoms with E-state index < -0.39 is 0 Å². The lowest BCUT2D eigenvalue weighted by Crippen LogP contribution is -2.29. The van der Waals surface area contributed by atoms with Gasteiger partial charge in [-0.05, 0) is 25.2 Å². The first-order chi connectivity index (χ1) is 8.61. The SMILES string of the molecule is COC1CCCC(OC(=O)CCOCC(C)C)C1. The lowest BCUT2D eigenvalue weighted by Gasteiger charge is -2.27. The van der Waals surface area contributed by atoms with Crippen LogP contribution in [0.3, 0.4) is 0 Å². The van der Waals surface area contributed by atoms with Crippen LogP contribution in [0.15, 0.2) is 0 Å². The van der Waals surface area contributed by atoms with Gasteiger partial charge in [0.25, 0.3) is 0 Å². The summed E-state index contributed by atoms with van der Waals surface area (Å²) in [7, 11) is 1.72. The van der Waals surface area contributed by atoms with Crippen LogP contribution in [-0.4, -0.2) is 38.5 Å². The molecule has 1 fully saturated rings. The molecule has 18 heavy (non-hydrogen) atoms. The minimum absolute atomic E-state index is 0.0290. The van der Waals surface area contributed by atoms with Crippen LogP contribution in [0, 0.1) is 5.92 Å². The first-order valence-corrected chi connectivity index (χ1v) is 6.91. The minimum atomic E-state index is -0.152. The van der Waals surface area contributed by atoms with E-state index in [4.69, 9.17) is 14.2 Å². The largest absolute Gasteiger partial charge is 0.462 e. The highest BCUT2D eigenvalue weighted by Gasteiger charge is 2.24. The van der Waals surface area contributed by atoms with Crippen molar-refractivity contribution >= 4 is 5.97 Å². The summed E-state index contributed by atoms with van der Waals surface area (Å²) in [6.45, 7) is 5.33. The second-order valence-corrected chi connectivity index (χ2v) is 5.35. The molecule has 0 aliphatic heterocycles. The Bertz CT molecular complexity index is 240. The van der Waals surface area contributed by atoms with E-state index in [9.17, 15) is 4.79 Å². The second-order valence-electron chi connectivity index (χ2n) is 5.35. The molecule has 1 aliphatic carbocycles. The molecule has 0 N–H and O–H groups in total. The number of carbonyl (C=O) groups is 1. The number of hydrogen-bond donors (Lipinski definition) is 0. The molecule has 2 unspecified atom stereocenters. The van der Waals surface area contributed by atoms with E-state index in [0.29, 0.717) is 25.6 Å². The van der Waals surface area contributed by atoms with Crippen LogP contribution in [-0.2, 0) is 19.0 Å². The Hall–Kier alpha value is -0.610. The van der Waals surface area contributed by atoms with E-state index in [2.05, 4.69) is 13.8 Å². The van der Waals surface area contributed by atoms with Gasteiger partial charge in [0.2, 0.25) is 0 Å². The first-order valence-electron chi connectivity index (χ1n) is 6.91. The van der Waals surface area contributed by atoms with Gasteiger partial charge >= 0.3 is 5.97 Å². The summed E-state index contributed by atoms with van der Waals surface area (Å²) in [5, 5.41) is 0. The van der Waals surface area contributed by atoms with E-state index >= 15 is 0 Å². The topological polar surface area (TPSA) is 44.8 Å². The van der Waals surface area contributed by atoms with Crippen molar-refractivity contribution in [1.29, 1.82) is 0 Å². The van der Waals surface area contributed by atoms with Gasteiger partial charge in [-0.15, -0.1) is 0 Å². The Morgan fingerprint density at radius 3 is 2.67 bits per heavy atom. The summed E-state index contributed by atoms with van der Waals surface area (Å²) in [5.41, 5.74) is 0. The molecular formula is C14H26O4. The zero-order valence-corrected chi connectivity index (χ0v) is 11.8. The van der Waals surface area contributed by atoms with Crippen molar-refractivity contribution in [2.75, 3.05) is 20.3 Å². The van der Waals surface area contributed by atoms with Gasteiger partial charge in [0.05, 0.1) is 19.1 Å². The molecule has 0 heterocycles. The maximum absolute atomic E-state index is 11.6. The number of hydrogen-bond acceptors (Lipinski definition) is 4. The maximum Gasteiger partial charge on any atom is 0.308 e. The molecule has 0 amide bonds. The van der Waals surface area contributed by atoms with Gasteiger partial charge in [0, 0.05) is 20.1 Å². The van der Waals surface area contributed by atoms with Crippen molar-refractivity contribution in [1.82, 2.24) is 0 Å². The van der Waals surface area contributed by atoms with E-state index in [0.717, 1.165) is 25.7 Å².